The van der Waals surface area contributed by atoms with E-state index in [1.807, 2.05) is 23.1 Å². The van der Waals surface area contributed by atoms with Crippen molar-refractivity contribution in [1.82, 2.24) is 9.88 Å². The third-order valence-corrected chi connectivity index (χ3v) is 4.64. The maximum absolute atomic E-state index is 12.7. The van der Waals surface area contributed by atoms with Crippen LogP contribution in [0.3, 0.4) is 0 Å². The lowest BCUT2D eigenvalue weighted by atomic mass is 9.99. The number of benzene rings is 1. The topological polar surface area (TPSA) is 69.0 Å². The number of pyridine rings is 1. The van der Waals surface area contributed by atoms with Gasteiger partial charge in [0, 0.05) is 18.3 Å². The van der Waals surface area contributed by atoms with Gasteiger partial charge in [-0.3, -0.25) is 4.79 Å². The fourth-order valence-corrected chi connectivity index (χ4v) is 3.23. The zero-order valence-corrected chi connectivity index (χ0v) is 14.4. The molecule has 2 heterocycles. The third kappa shape index (κ3) is 3.97. The zero-order chi connectivity index (χ0) is 17.6. The molecule has 0 aliphatic carbocycles. The summed E-state index contributed by atoms with van der Waals surface area (Å²) in [6.07, 6.45) is 6.02. The first kappa shape index (κ1) is 17.0. The molecular formula is C20H22N4O. The van der Waals surface area contributed by atoms with Crippen LogP contribution in [0.15, 0.2) is 42.6 Å². The molecule has 0 bridgehead atoms. The number of nitriles is 1. The van der Waals surface area contributed by atoms with Crippen molar-refractivity contribution in [2.75, 3.05) is 11.9 Å². The van der Waals surface area contributed by atoms with Crippen molar-refractivity contribution in [1.29, 1.82) is 5.26 Å². The van der Waals surface area contributed by atoms with E-state index in [2.05, 4.69) is 23.3 Å². The molecule has 1 unspecified atom stereocenters. The van der Waals surface area contributed by atoms with Crippen molar-refractivity contribution in [3.8, 4) is 6.07 Å². The number of aromatic nitrogens is 1. The van der Waals surface area contributed by atoms with Crippen LogP contribution in [0.2, 0.25) is 0 Å². The maximum atomic E-state index is 12.7. The van der Waals surface area contributed by atoms with Gasteiger partial charge in [-0.2, -0.15) is 5.26 Å². The molecule has 1 aromatic carbocycles. The van der Waals surface area contributed by atoms with Crippen LogP contribution < -0.4 is 5.32 Å². The summed E-state index contributed by atoms with van der Waals surface area (Å²) in [5.74, 6) is 0.0245. The number of carbonyl (C=O) groups is 1. The molecule has 1 atom stereocenters. The monoisotopic (exact) mass is 334 g/mol. The van der Waals surface area contributed by atoms with Crippen LogP contribution in [0.5, 0.6) is 0 Å². The van der Waals surface area contributed by atoms with Crippen LogP contribution >= 0.6 is 0 Å². The van der Waals surface area contributed by atoms with Gasteiger partial charge < -0.3 is 10.2 Å². The summed E-state index contributed by atoms with van der Waals surface area (Å²) < 4.78 is 0. The summed E-state index contributed by atoms with van der Waals surface area (Å²) >= 11 is 0. The van der Waals surface area contributed by atoms with Crippen LogP contribution in [0.4, 0.5) is 11.4 Å². The Morgan fingerprint density at radius 1 is 1.24 bits per heavy atom. The Balaban J connectivity index is 1.68. The fourth-order valence-electron chi connectivity index (χ4n) is 3.23. The molecule has 3 rings (SSSR count). The Bertz CT molecular complexity index is 762. The maximum Gasteiger partial charge on any atom is 0.272 e. The predicted octanol–water partition coefficient (Wildman–Crippen LogP) is 4.10. The summed E-state index contributed by atoms with van der Waals surface area (Å²) in [5, 5.41) is 12.1. The Labute approximate surface area is 148 Å². The number of rotatable bonds is 4. The lowest BCUT2D eigenvalue weighted by molar-refractivity contribution is 0.0602. The minimum absolute atomic E-state index is 0.0245. The van der Waals surface area contributed by atoms with Crippen LogP contribution in [0.25, 0.3) is 0 Å². The average Bonchev–Trinajstić information content (AvgIpc) is 2.68. The van der Waals surface area contributed by atoms with Gasteiger partial charge in [0.05, 0.1) is 23.5 Å². The normalized spacial score (nSPS) is 17.0. The van der Waals surface area contributed by atoms with Gasteiger partial charge in [-0.15, -0.1) is 0 Å². The number of hydrogen-bond acceptors (Lipinski definition) is 4. The van der Waals surface area contributed by atoms with Crippen molar-refractivity contribution in [2.45, 2.75) is 38.6 Å². The highest BCUT2D eigenvalue weighted by Crippen LogP contribution is 2.22. The number of anilines is 2. The molecule has 25 heavy (non-hydrogen) atoms. The van der Waals surface area contributed by atoms with Gasteiger partial charge in [-0.25, -0.2) is 4.98 Å². The van der Waals surface area contributed by atoms with Gasteiger partial charge in [0.2, 0.25) is 0 Å². The molecule has 1 N–H and O–H groups in total. The van der Waals surface area contributed by atoms with Gasteiger partial charge in [0.1, 0.15) is 5.69 Å². The molecule has 1 aliphatic heterocycles. The number of hydrogen-bond donors (Lipinski definition) is 1. The molecule has 1 aromatic heterocycles. The largest absolute Gasteiger partial charge is 0.354 e. The van der Waals surface area contributed by atoms with Crippen LogP contribution in [-0.2, 0) is 0 Å². The van der Waals surface area contributed by atoms with Crippen molar-refractivity contribution >= 4 is 17.3 Å². The van der Waals surface area contributed by atoms with Gasteiger partial charge in [0.25, 0.3) is 5.91 Å². The summed E-state index contributed by atoms with van der Waals surface area (Å²) in [6.45, 7) is 2.96. The molecule has 128 valence electrons. The standard InChI is InChI=1S/C20H22N4O/c1-2-18-5-3-4-12-24(18)20(25)19-11-10-17(14-22-19)23-16-8-6-15(13-21)7-9-16/h6-11,14,18,23H,2-5,12H2,1H3. The molecule has 0 radical (unpaired) electrons. The highest BCUT2D eigenvalue weighted by molar-refractivity contribution is 5.92. The van der Waals surface area contributed by atoms with Crippen molar-refractivity contribution < 1.29 is 4.79 Å². The molecule has 1 saturated heterocycles. The third-order valence-electron chi connectivity index (χ3n) is 4.64. The van der Waals surface area contributed by atoms with Gasteiger partial charge >= 0.3 is 0 Å². The fraction of sp³-hybridized carbons (Fsp3) is 0.350. The number of likely N-dealkylation sites (tertiary alicyclic amines) is 1. The zero-order valence-electron chi connectivity index (χ0n) is 14.4. The van der Waals surface area contributed by atoms with Crippen LogP contribution in [-0.4, -0.2) is 28.4 Å². The quantitative estimate of drug-likeness (QED) is 0.914. The second-order valence-corrected chi connectivity index (χ2v) is 6.30. The molecular weight excluding hydrogens is 312 g/mol. The molecule has 1 aliphatic rings. The van der Waals surface area contributed by atoms with Crippen molar-refractivity contribution in [3.05, 3.63) is 53.9 Å². The Morgan fingerprint density at radius 3 is 2.64 bits per heavy atom. The minimum atomic E-state index is 0.0245. The van der Waals surface area contributed by atoms with E-state index >= 15 is 0 Å². The Morgan fingerprint density at radius 2 is 2.00 bits per heavy atom. The van der Waals surface area contributed by atoms with Gasteiger partial charge in [-0.1, -0.05) is 6.92 Å². The molecule has 5 nitrogen and oxygen atoms in total. The highest BCUT2D eigenvalue weighted by Gasteiger charge is 2.26. The highest BCUT2D eigenvalue weighted by atomic mass is 16.2. The number of nitrogens with one attached hydrogen (secondary N) is 1. The molecule has 0 saturated carbocycles. The van der Waals surface area contributed by atoms with E-state index in [9.17, 15) is 4.79 Å². The van der Waals surface area contributed by atoms with Crippen molar-refractivity contribution in [2.24, 2.45) is 0 Å². The number of amides is 1. The van der Waals surface area contributed by atoms with E-state index in [4.69, 9.17) is 5.26 Å². The predicted molar refractivity (Wildman–Crippen MR) is 97.6 cm³/mol. The molecule has 5 heteroatoms. The Hall–Kier alpha value is -2.87. The Kier molecular flexibility index (Phi) is 5.30. The van der Waals surface area contributed by atoms with E-state index in [1.165, 1.54) is 6.42 Å². The van der Waals surface area contributed by atoms with Crippen LogP contribution in [0, 0.1) is 11.3 Å². The number of carbonyl (C=O) groups excluding carboxylic acids is 1. The molecule has 0 spiro atoms. The second kappa shape index (κ2) is 7.80. The van der Waals surface area contributed by atoms with E-state index < -0.39 is 0 Å². The lowest BCUT2D eigenvalue weighted by Gasteiger charge is -2.35. The van der Waals surface area contributed by atoms with E-state index in [1.54, 1.807) is 24.4 Å². The lowest BCUT2D eigenvalue weighted by Crippen LogP contribution is -2.43. The molecule has 2 aromatic rings. The molecule has 1 amide bonds. The van der Waals surface area contributed by atoms with Gasteiger partial charge in [-0.05, 0) is 62.1 Å². The first-order valence-electron chi connectivity index (χ1n) is 8.75. The number of nitrogens with zero attached hydrogens (tertiary/aromatic N) is 3. The SMILES string of the molecule is CCC1CCCCN1C(=O)c1ccc(Nc2ccc(C#N)cc2)cn1. The van der Waals surface area contributed by atoms with E-state index in [0.29, 0.717) is 17.3 Å². The average molecular weight is 334 g/mol. The minimum Gasteiger partial charge on any atom is -0.354 e. The summed E-state index contributed by atoms with van der Waals surface area (Å²) in [5.41, 5.74) is 2.80. The molecule has 1 fully saturated rings. The summed E-state index contributed by atoms with van der Waals surface area (Å²) in [4.78, 5) is 19.0. The summed E-state index contributed by atoms with van der Waals surface area (Å²) in [7, 11) is 0. The van der Waals surface area contributed by atoms with E-state index in [-0.39, 0.29) is 5.91 Å². The first-order valence-corrected chi connectivity index (χ1v) is 8.75. The van der Waals surface area contributed by atoms with E-state index in [0.717, 1.165) is 37.2 Å². The summed E-state index contributed by atoms with van der Waals surface area (Å²) in [6, 6.07) is 13.3. The van der Waals surface area contributed by atoms with Crippen LogP contribution in [0.1, 0.15) is 48.7 Å². The number of piperidine rings is 1. The second-order valence-electron chi connectivity index (χ2n) is 6.30. The first-order chi connectivity index (χ1) is 12.2. The smallest absolute Gasteiger partial charge is 0.272 e. The van der Waals surface area contributed by atoms with Crippen molar-refractivity contribution in [3.63, 3.8) is 0 Å². The van der Waals surface area contributed by atoms with Gasteiger partial charge in [0.15, 0.2) is 0 Å².